The Morgan fingerprint density at radius 1 is 0.950 bits per heavy atom. The molecule has 2 aromatic rings. The van der Waals surface area contributed by atoms with E-state index >= 15 is 0 Å². The quantitative estimate of drug-likeness (QED) is 0.821. The average Bonchev–Trinajstić information content (AvgIpc) is 2.43. The highest BCUT2D eigenvalue weighted by molar-refractivity contribution is 5.46. The number of ether oxygens (including phenoxy) is 2. The predicted molar refractivity (Wildman–Crippen MR) is 81.4 cm³/mol. The van der Waals surface area contributed by atoms with Crippen molar-refractivity contribution < 1.29 is 9.47 Å². The van der Waals surface area contributed by atoms with Crippen LogP contribution in [0.25, 0.3) is 0 Å². The highest BCUT2D eigenvalue weighted by Gasteiger charge is 2.05. The van der Waals surface area contributed by atoms with E-state index in [1.54, 1.807) is 0 Å². The van der Waals surface area contributed by atoms with Gasteiger partial charge in [0.15, 0.2) is 11.5 Å². The first-order chi connectivity index (χ1) is 9.65. The lowest BCUT2D eigenvalue weighted by molar-refractivity contribution is 0.254. The molecule has 0 unspecified atom stereocenters. The van der Waals surface area contributed by atoms with E-state index in [2.05, 4.69) is 4.90 Å². The maximum Gasteiger partial charge on any atom is 0.169 e. The van der Waals surface area contributed by atoms with E-state index in [9.17, 15) is 0 Å². The van der Waals surface area contributed by atoms with Gasteiger partial charge in [-0.05, 0) is 50.5 Å². The second-order valence-corrected chi connectivity index (χ2v) is 4.77. The molecule has 106 valence electrons. The van der Waals surface area contributed by atoms with Gasteiger partial charge in [0, 0.05) is 12.2 Å². The molecule has 2 aromatic carbocycles. The number of nitrogens with zero attached hydrogens (tertiary/aromatic N) is 1. The van der Waals surface area contributed by atoms with Crippen molar-refractivity contribution >= 4 is 5.69 Å². The number of hydrogen-bond donors (Lipinski definition) is 1. The third-order valence-corrected chi connectivity index (χ3v) is 2.75. The zero-order valence-electron chi connectivity index (χ0n) is 11.9. The Kier molecular flexibility index (Phi) is 4.85. The summed E-state index contributed by atoms with van der Waals surface area (Å²) in [5.41, 5.74) is 6.37. The lowest BCUT2D eigenvalue weighted by atomic mass is 10.3. The molecule has 0 saturated carbocycles. The third kappa shape index (κ3) is 4.17. The molecule has 0 radical (unpaired) electrons. The van der Waals surface area contributed by atoms with E-state index in [4.69, 9.17) is 15.2 Å². The summed E-state index contributed by atoms with van der Waals surface area (Å²) in [6.45, 7) is 1.48. The molecule has 4 heteroatoms. The smallest absolute Gasteiger partial charge is 0.169 e. The first-order valence-corrected chi connectivity index (χ1v) is 6.55. The van der Waals surface area contributed by atoms with Gasteiger partial charge in [0.2, 0.25) is 0 Å². The molecule has 0 fully saturated rings. The zero-order valence-corrected chi connectivity index (χ0v) is 11.9. The maximum absolute atomic E-state index is 5.83. The van der Waals surface area contributed by atoms with Gasteiger partial charge in [-0.3, -0.25) is 0 Å². The summed E-state index contributed by atoms with van der Waals surface area (Å²) in [6, 6.07) is 14.9. The van der Waals surface area contributed by atoms with Crippen LogP contribution in [0.2, 0.25) is 0 Å². The predicted octanol–water partition coefficient (Wildman–Crippen LogP) is 3.00. The monoisotopic (exact) mass is 272 g/mol. The molecular weight excluding hydrogens is 252 g/mol. The minimum absolute atomic E-state index is 0.620. The number of hydrogen-bond acceptors (Lipinski definition) is 4. The molecule has 0 heterocycles. The van der Waals surface area contributed by atoms with Gasteiger partial charge in [0.1, 0.15) is 12.4 Å². The number of para-hydroxylation sites is 2. The number of nitrogen functional groups attached to an aromatic ring is 1. The molecule has 0 amide bonds. The first-order valence-electron chi connectivity index (χ1n) is 6.55. The largest absolute Gasteiger partial charge is 0.488 e. The van der Waals surface area contributed by atoms with Crippen LogP contribution in [-0.2, 0) is 0 Å². The highest BCUT2D eigenvalue weighted by Crippen LogP contribution is 2.31. The van der Waals surface area contributed by atoms with Gasteiger partial charge in [-0.2, -0.15) is 0 Å². The molecule has 20 heavy (non-hydrogen) atoms. The lowest BCUT2D eigenvalue weighted by Gasteiger charge is -2.14. The van der Waals surface area contributed by atoms with Gasteiger partial charge < -0.3 is 20.1 Å². The van der Waals surface area contributed by atoms with E-state index < -0.39 is 0 Å². The third-order valence-electron chi connectivity index (χ3n) is 2.75. The Labute approximate surface area is 119 Å². The molecule has 0 aliphatic heterocycles. The minimum atomic E-state index is 0.620. The summed E-state index contributed by atoms with van der Waals surface area (Å²) in [6.07, 6.45) is 0. The van der Waals surface area contributed by atoms with Crippen LogP contribution in [0.5, 0.6) is 17.2 Å². The standard InChI is InChI=1S/C16H20N2O2/c1-18(2)11-12-19-15-5-3-4-6-16(15)20-14-9-7-13(17)8-10-14/h3-10H,11-12,17H2,1-2H3. The Hall–Kier alpha value is -2.20. The molecule has 0 spiro atoms. The van der Waals surface area contributed by atoms with E-state index in [0.717, 1.165) is 18.0 Å². The summed E-state index contributed by atoms with van der Waals surface area (Å²) in [5.74, 6) is 2.19. The Bertz CT molecular complexity index is 538. The number of likely N-dealkylation sites (N-methyl/N-ethyl adjacent to an activating group) is 1. The van der Waals surface area contributed by atoms with Gasteiger partial charge >= 0.3 is 0 Å². The summed E-state index contributed by atoms with van der Waals surface area (Å²) in [7, 11) is 4.03. The van der Waals surface area contributed by atoms with Crippen LogP contribution in [0.1, 0.15) is 0 Å². The fourth-order valence-electron chi connectivity index (χ4n) is 1.65. The molecule has 0 atom stereocenters. The molecule has 2 rings (SSSR count). The molecule has 0 saturated heterocycles. The van der Waals surface area contributed by atoms with E-state index in [-0.39, 0.29) is 0 Å². The number of rotatable bonds is 6. The Morgan fingerprint density at radius 3 is 2.25 bits per heavy atom. The summed E-state index contributed by atoms with van der Waals surface area (Å²) >= 11 is 0. The Balaban J connectivity index is 2.05. The second kappa shape index (κ2) is 6.82. The van der Waals surface area contributed by atoms with Crippen molar-refractivity contribution in [3.8, 4) is 17.2 Å². The number of nitrogens with two attached hydrogens (primary N) is 1. The van der Waals surface area contributed by atoms with Gasteiger partial charge in [0.25, 0.3) is 0 Å². The van der Waals surface area contributed by atoms with Crippen molar-refractivity contribution in [3.63, 3.8) is 0 Å². The van der Waals surface area contributed by atoms with Crippen LogP contribution in [0.3, 0.4) is 0 Å². The van der Waals surface area contributed by atoms with Gasteiger partial charge in [-0.25, -0.2) is 0 Å². The fourth-order valence-corrected chi connectivity index (χ4v) is 1.65. The number of anilines is 1. The van der Waals surface area contributed by atoms with Crippen LogP contribution in [0.4, 0.5) is 5.69 Å². The van der Waals surface area contributed by atoms with E-state index in [1.807, 2.05) is 62.6 Å². The minimum Gasteiger partial charge on any atom is -0.488 e. The summed E-state index contributed by atoms with van der Waals surface area (Å²) in [4.78, 5) is 2.07. The topological polar surface area (TPSA) is 47.7 Å². The first kappa shape index (κ1) is 14.2. The summed E-state index contributed by atoms with van der Waals surface area (Å²) in [5, 5.41) is 0. The molecule has 0 aliphatic carbocycles. The SMILES string of the molecule is CN(C)CCOc1ccccc1Oc1ccc(N)cc1. The zero-order chi connectivity index (χ0) is 14.4. The van der Waals surface area contributed by atoms with E-state index in [1.165, 1.54) is 0 Å². The second-order valence-electron chi connectivity index (χ2n) is 4.77. The van der Waals surface area contributed by atoms with Gasteiger partial charge in [-0.15, -0.1) is 0 Å². The van der Waals surface area contributed by atoms with Crippen LogP contribution >= 0.6 is 0 Å². The molecule has 0 aromatic heterocycles. The molecule has 4 nitrogen and oxygen atoms in total. The van der Waals surface area contributed by atoms with Gasteiger partial charge in [0.05, 0.1) is 0 Å². The normalized spacial score (nSPS) is 10.6. The number of benzene rings is 2. The van der Waals surface area contributed by atoms with Crippen LogP contribution in [0, 0.1) is 0 Å². The molecule has 2 N–H and O–H groups in total. The highest BCUT2D eigenvalue weighted by atomic mass is 16.5. The molecule has 0 bridgehead atoms. The maximum atomic E-state index is 5.83. The van der Waals surface area contributed by atoms with E-state index in [0.29, 0.717) is 18.0 Å². The lowest BCUT2D eigenvalue weighted by Crippen LogP contribution is -2.19. The van der Waals surface area contributed by atoms with Crippen LogP contribution < -0.4 is 15.2 Å². The van der Waals surface area contributed by atoms with Crippen molar-refractivity contribution in [2.45, 2.75) is 0 Å². The molecular formula is C16H20N2O2. The fraction of sp³-hybridized carbons (Fsp3) is 0.250. The molecule has 0 aliphatic rings. The van der Waals surface area contributed by atoms with Crippen molar-refractivity contribution in [1.82, 2.24) is 4.90 Å². The van der Waals surface area contributed by atoms with Gasteiger partial charge in [-0.1, -0.05) is 12.1 Å². The average molecular weight is 272 g/mol. The van der Waals surface area contributed by atoms with Crippen molar-refractivity contribution in [1.29, 1.82) is 0 Å². The van der Waals surface area contributed by atoms with Crippen molar-refractivity contribution in [2.75, 3.05) is 33.0 Å². The van der Waals surface area contributed by atoms with Crippen molar-refractivity contribution in [2.24, 2.45) is 0 Å². The summed E-state index contributed by atoms with van der Waals surface area (Å²) < 4.78 is 11.6. The van der Waals surface area contributed by atoms with Crippen molar-refractivity contribution in [3.05, 3.63) is 48.5 Å². The Morgan fingerprint density at radius 2 is 1.60 bits per heavy atom. The van der Waals surface area contributed by atoms with Crippen LogP contribution in [0.15, 0.2) is 48.5 Å². The van der Waals surface area contributed by atoms with Crippen LogP contribution in [-0.4, -0.2) is 32.1 Å².